The van der Waals surface area contributed by atoms with Crippen molar-refractivity contribution in [1.29, 1.82) is 0 Å². The fourth-order valence-corrected chi connectivity index (χ4v) is 4.41. The molecule has 1 aromatic rings. The molecule has 19 heavy (non-hydrogen) atoms. The van der Waals surface area contributed by atoms with Crippen LogP contribution >= 0.6 is 11.3 Å². The number of nitrogens with one attached hydrogen (secondary N) is 1. The summed E-state index contributed by atoms with van der Waals surface area (Å²) in [4.78, 5) is 1.54. The highest BCUT2D eigenvalue weighted by atomic mass is 32.1. The zero-order valence-corrected chi connectivity index (χ0v) is 12.5. The molecule has 1 aliphatic carbocycles. The Bertz CT molecular complexity index is 353. The average molecular weight is 279 g/mol. The Hall–Kier alpha value is -0.380. The maximum absolute atomic E-state index is 5.46. The SMILES string of the molecule is c1csc(C(NCCC2CCOC2)C2CCCC2)c1. The van der Waals surface area contributed by atoms with Crippen LogP contribution in [0.2, 0.25) is 0 Å². The maximum atomic E-state index is 5.46. The molecule has 1 saturated heterocycles. The van der Waals surface area contributed by atoms with E-state index in [2.05, 4.69) is 22.8 Å². The molecule has 0 spiro atoms. The molecular formula is C16H25NOS. The first-order valence-electron chi connectivity index (χ1n) is 7.78. The van der Waals surface area contributed by atoms with E-state index in [0.717, 1.165) is 31.6 Å². The molecule has 1 N–H and O–H groups in total. The van der Waals surface area contributed by atoms with E-state index in [4.69, 9.17) is 4.74 Å². The lowest BCUT2D eigenvalue weighted by Gasteiger charge is -2.24. The Balaban J connectivity index is 1.53. The molecule has 0 bridgehead atoms. The Kier molecular flexibility index (Phi) is 4.91. The zero-order valence-electron chi connectivity index (χ0n) is 11.6. The van der Waals surface area contributed by atoms with Gasteiger partial charge in [0.15, 0.2) is 0 Å². The molecule has 2 aliphatic rings. The Labute approximate surface area is 120 Å². The molecule has 0 aromatic carbocycles. The summed E-state index contributed by atoms with van der Waals surface area (Å²) in [6.45, 7) is 3.10. The minimum Gasteiger partial charge on any atom is -0.381 e. The molecule has 106 valence electrons. The summed E-state index contributed by atoms with van der Waals surface area (Å²) >= 11 is 1.91. The largest absolute Gasteiger partial charge is 0.381 e. The molecule has 1 aromatic heterocycles. The minimum atomic E-state index is 0.602. The van der Waals surface area contributed by atoms with Crippen LogP contribution < -0.4 is 5.32 Å². The lowest BCUT2D eigenvalue weighted by Crippen LogP contribution is -2.28. The first-order chi connectivity index (χ1) is 9.43. The van der Waals surface area contributed by atoms with Gasteiger partial charge in [-0.25, -0.2) is 0 Å². The molecule has 2 heterocycles. The summed E-state index contributed by atoms with van der Waals surface area (Å²) in [5, 5.41) is 6.06. The topological polar surface area (TPSA) is 21.3 Å². The number of ether oxygens (including phenoxy) is 1. The molecule has 1 saturated carbocycles. The van der Waals surface area contributed by atoms with Gasteiger partial charge in [-0.2, -0.15) is 0 Å². The van der Waals surface area contributed by atoms with Crippen molar-refractivity contribution in [3.8, 4) is 0 Å². The first kappa shape index (κ1) is 13.6. The molecular weight excluding hydrogens is 254 g/mol. The smallest absolute Gasteiger partial charge is 0.0495 e. The van der Waals surface area contributed by atoms with E-state index in [1.165, 1.54) is 43.4 Å². The van der Waals surface area contributed by atoms with E-state index >= 15 is 0 Å². The first-order valence-corrected chi connectivity index (χ1v) is 8.66. The Morgan fingerprint density at radius 2 is 2.21 bits per heavy atom. The Morgan fingerprint density at radius 1 is 1.32 bits per heavy atom. The second kappa shape index (κ2) is 6.87. The van der Waals surface area contributed by atoms with Gasteiger partial charge >= 0.3 is 0 Å². The lowest BCUT2D eigenvalue weighted by atomic mass is 9.96. The van der Waals surface area contributed by atoms with Gasteiger partial charge in [0.1, 0.15) is 0 Å². The van der Waals surface area contributed by atoms with Crippen LogP contribution in [0.5, 0.6) is 0 Å². The molecule has 0 radical (unpaired) electrons. The third-order valence-electron chi connectivity index (χ3n) is 4.66. The van der Waals surface area contributed by atoms with Crippen molar-refractivity contribution in [3.63, 3.8) is 0 Å². The molecule has 2 unspecified atom stereocenters. The predicted molar refractivity (Wildman–Crippen MR) is 80.6 cm³/mol. The number of thiophene rings is 1. The third-order valence-corrected chi connectivity index (χ3v) is 5.62. The second-order valence-corrected chi connectivity index (χ2v) is 6.99. The standard InChI is InChI=1S/C16H25NOS/c1-2-5-14(4-1)16(15-6-3-11-19-15)17-9-7-13-8-10-18-12-13/h3,6,11,13-14,16-17H,1-2,4-5,7-10,12H2. The summed E-state index contributed by atoms with van der Waals surface area (Å²) in [6, 6.07) is 5.10. The van der Waals surface area contributed by atoms with E-state index in [0.29, 0.717) is 6.04 Å². The van der Waals surface area contributed by atoms with Crippen LogP contribution in [-0.2, 0) is 4.74 Å². The highest BCUT2D eigenvalue weighted by Crippen LogP contribution is 2.37. The summed E-state index contributed by atoms with van der Waals surface area (Å²) in [6.07, 6.45) is 8.18. The molecule has 1 aliphatic heterocycles. The number of rotatable bonds is 6. The van der Waals surface area contributed by atoms with E-state index in [1.807, 2.05) is 11.3 Å². The normalized spacial score (nSPS) is 26.0. The van der Waals surface area contributed by atoms with Crippen LogP contribution in [0.25, 0.3) is 0 Å². The van der Waals surface area contributed by atoms with Gasteiger partial charge in [-0.1, -0.05) is 18.9 Å². The predicted octanol–water partition coefficient (Wildman–Crippen LogP) is 4.00. The average Bonchev–Trinajstić information content (AvgIpc) is 3.15. The van der Waals surface area contributed by atoms with E-state index in [-0.39, 0.29) is 0 Å². The van der Waals surface area contributed by atoms with Crippen molar-refractivity contribution in [2.45, 2.75) is 44.6 Å². The Morgan fingerprint density at radius 3 is 2.89 bits per heavy atom. The van der Waals surface area contributed by atoms with Crippen molar-refractivity contribution in [1.82, 2.24) is 5.32 Å². The monoisotopic (exact) mass is 279 g/mol. The maximum Gasteiger partial charge on any atom is 0.0495 e. The van der Waals surface area contributed by atoms with Gasteiger partial charge in [-0.05, 0) is 55.5 Å². The molecule has 2 atom stereocenters. The van der Waals surface area contributed by atoms with Gasteiger partial charge in [0.25, 0.3) is 0 Å². The van der Waals surface area contributed by atoms with Crippen molar-refractivity contribution in [3.05, 3.63) is 22.4 Å². The van der Waals surface area contributed by atoms with Crippen molar-refractivity contribution in [2.75, 3.05) is 19.8 Å². The van der Waals surface area contributed by atoms with Gasteiger partial charge < -0.3 is 10.1 Å². The van der Waals surface area contributed by atoms with E-state index in [1.54, 1.807) is 0 Å². The molecule has 2 nitrogen and oxygen atoms in total. The molecule has 2 fully saturated rings. The van der Waals surface area contributed by atoms with Gasteiger partial charge in [-0.3, -0.25) is 0 Å². The quantitative estimate of drug-likeness (QED) is 0.850. The van der Waals surface area contributed by atoms with Crippen LogP contribution in [-0.4, -0.2) is 19.8 Å². The van der Waals surface area contributed by atoms with Crippen LogP contribution in [0.15, 0.2) is 17.5 Å². The summed E-state index contributed by atoms with van der Waals surface area (Å²) in [5.74, 6) is 1.65. The summed E-state index contributed by atoms with van der Waals surface area (Å²) < 4.78 is 5.46. The fourth-order valence-electron chi connectivity index (χ4n) is 3.51. The van der Waals surface area contributed by atoms with Crippen LogP contribution in [0.1, 0.15) is 49.4 Å². The summed E-state index contributed by atoms with van der Waals surface area (Å²) in [5.41, 5.74) is 0. The highest BCUT2D eigenvalue weighted by Gasteiger charge is 2.27. The number of hydrogen-bond acceptors (Lipinski definition) is 3. The third kappa shape index (κ3) is 3.59. The van der Waals surface area contributed by atoms with Gasteiger partial charge in [0.2, 0.25) is 0 Å². The van der Waals surface area contributed by atoms with Crippen LogP contribution in [0.3, 0.4) is 0 Å². The fraction of sp³-hybridized carbons (Fsp3) is 0.750. The van der Waals surface area contributed by atoms with E-state index < -0.39 is 0 Å². The number of hydrogen-bond donors (Lipinski definition) is 1. The lowest BCUT2D eigenvalue weighted by molar-refractivity contribution is 0.183. The molecule has 3 rings (SSSR count). The zero-order chi connectivity index (χ0) is 12.9. The highest BCUT2D eigenvalue weighted by molar-refractivity contribution is 7.10. The minimum absolute atomic E-state index is 0.602. The van der Waals surface area contributed by atoms with Crippen molar-refractivity contribution in [2.24, 2.45) is 11.8 Å². The van der Waals surface area contributed by atoms with Crippen molar-refractivity contribution < 1.29 is 4.74 Å². The molecule has 0 amide bonds. The van der Waals surface area contributed by atoms with E-state index in [9.17, 15) is 0 Å². The summed E-state index contributed by atoms with van der Waals surface area (Å²) in [7, 11) is 0. The molecule has 3 heteroatoms. The van der Waals surface area contributed by atoms with Crippen LogP contribution in [0, 0.1) is 11.8 Å². The van der Waals surface area contributed by atoms with Crippen molar-refractivity contribution >= 4 is 11.3 Å². The van der Waals surface area contributed by atoms with Gasteiger partial charge in [-0.15, -0.1) is 11.3 Å². The second-order valence-electron chi connectivity index (χ2n) is 6.01. The van der Waals surface area contributed by atoms with Gasteiger partial charge in [0.05, 0.1) is 0 Å². The van der Waals surface area contributed by atoms with Crippen LogP contribution in [0.4, 0.5) is 0 Å². The van der Waals surface area contributed by atoms with Gasteiger partial charge in [0, 0.05) is 24.1 Å².